The monoisotopic (exact) mass is 678 g/mol. The molecule has 8 aromatic carbocycles. The Hall–Kier alpha value is -6.64. The lowest BCUT2D eigenvalue weighted by Crippen LogP contribution is -2.15. The van der Waals surface area contributed by atoms with Gasteiger partial charge in [-0.2, -0.15) is 0 Å². The summed E-state index contributed by atoms with van der Waals surface area (Å²) in [6, 6.07) is 65.8. The van der Waals surface area contributed by atoms with E-state index in [-0.39, 0.29) is 5.41 Å². The topological polar surface area (TPSA) is 30.9 Å². The molecule has 0 aliphatic heterocycles. The SMILES string of the molecule is CC1(C)c2ccccc2-c2ccc(-c3c(-c4ccc(-c5ccccc5)cc4)ccc(-c4ccc5c(c4)c4ccccc4n5-c4ccccc4)c3N)cc21. The maximum atomic E-state index is 7.45. The Bertz CT molecular complexity index is 2840. The number of hydrogen-bond donors (Lipinski definition) is 1. The number of fused-ring (bicyclic) bond motifs is 6. The molecule has 2 nitrogen and oxygen atoms in total. The van der Waals surface area contributed by atoms with Crippen molar-refractivity contribution in [3.05, 3.63) is 193 Å². The summed E-state index contributed by atoms with van der Waals surface area (Å²) in [6.07, 6.45) is 0. The number of aromatic nitrogens is 1. The van der Waals surface area contributed by atoms with Crippen LogP contribution in [0.25, 0.3) is 83.1 Å². The van der Waals surface area contributed by atoms with Crippen LogP contribution in [0.2, 0.25) is 0 Å². The van der Waals surface area contributed by atoms with Gasteiger partial charge in [-0.15, -0.1) is 0 Å². The summed E-state index contributed by atoms with van der Waals surface area (Å²) in [4.78, 5) is 0. The zero-order valence-corrected chi connectivity index (χ0v) is 29.8. The Balaban J connectivity index is 1.17. The number of para-hydroxylation sites is 2. The van der Waals surface area contributed by atoms with Gasteiger partial charge >= 0.3 is 0 Å². The van der Waals surface area contributed by atoms with Crippen molar-refractivity contribution in [1.29, 1.82) is 0 Å². The summed E-state index contributed by atoms with van der Waals surface area (Å²) >= 11 is 0. The van der Waals surface area contributed by atoms with Crippen LogP contribution in [0.5, 0.6) is 0 Å². The highest BCUT2D eigenvalue weighted by atomic mass is 15.0. The summed E-state index contributed by atoms with van der Waals surface area (Å²) in [5, 5.41) is 2.43. The van der Waals surface area contributed by atoms with E-state index in [1.54, 1.807) is 0 Å². The third kappa shape index (κ3) is 4.87. The van der Waals surface area contributed by atoms with Crippen molar-refractivity contribution >= 4 is 27.5 Å². The van der Waals surface area contributed by atoms with E-state index in [0.29, 0.717) is 0 Å². The van der Waals surface area contributed by atoms with E-state index in [1.807, 2.05) is 0 Å². The molecule has 10 rings (SSSR count). The third-order valence-electron chi connectivity index (χ3n) is 11.4. The predicted molar refractivity (Wildman–Crippen MR) is 225 cm³/mol. The molecule has 1 aliphatic rings. The first-order chi connectivity index (χ1) is 26.0. The molecule has 0 amide bonds. The van der Waals surface area contributed by atoms with Crippen molar-refractivity contribution in [3.8, 4) is 61.3 Å². The molecule has 0 unspecified atom stereocenters. The smallest absolute Gasteiger partial charge is 0.0541 e. The van der Waals surface area contributed by atoms with Gasteiger partial charge < -0.3 is 10.3 Å². The quantitative estimate of drug-likeness (QED) is 0.181. The molecule has 0 saturated carbocycles. The highest BCUT2D eigenvalue weighted by Crippen LogP contribution is 2.51. The fourth-order valence-electron chi connectivity index (χ4n) is 8.75. The Morgan fingerprint density at radius 2 is 0.962 bits per heavy atom. The summed E-state index contributed by atoms with van der Waals surface area (Å²) < 4.78 is 2.36. The Kier molecular flexibility index (Phi) is 7.03. The molecule has 1 heterocycles. The van der Waals surface area contributed by atoms with Crippen molar-refractivity contribution in [1.82, 2.24) is 4.57 Å². The number of nitrogens with two attached hydrogens (primary N) is 1. The minimum atomic E-state index is -0.121. The molecule has 9 aromatic rings. The van der Waals surface area contributed by atoms with E-state index in [1.165, 1.54) is 55.2 Å². The lowest BCUT2D eigenvalue weighted by molar-refractivity contribution is 0.660. The molecule has 2 N–H and O–H groups in total. The van der Waals surface area contributed by atoms with Crippen molar-refractivity contribution in [2.75, 3.05) is 5.73 Å². The van der Waals surface area contributed by atoms with E-state index in [2.05, 4.69) is 200 Å². The molecule has 2 heteroatoms. The summed E-state index contributed by atoms with van der Waals surface area (Å²) in [5.74, 6) is 0. The first-order valence-electron chi connectivity index (χ1n) is 18.4. The first-order valence-corrected chi connectivity index (χ1v) is 18.4. The predicted octanol–water partition coefficient (Wildman–Crippen LogP) is 13.3. The third-order valence-corrected chi connectivity index (χ3v) is 11.4. The van der Waals surface area contributed by atoms with Crippen LogP contribution >= 0.6 is 0 Å². The average molecular weight is 679 g/mol. The van der Waals surface area contributed by atoms with E-state index in [9.17, 15) is 0 Å². The second-order valence-electron chi connectivity index (χ2n) is 14.7. The van der Waals surface area contributed by atoms with Gasteiger partial charge in [-0.1, -0.05) is 159 Å². The van der Waals surface area contributed by atoms with Gasteiger partial charge in [0.15, 0.2) is 0 Å². The van der Waals surface area contributed by atoms with Crippen LogP contribution in [0, 0.1) is 0 Å². The molecular formula is C51H38N2. The van der Waals surface area contributed by atoms with E-state index in [4.69, 9.17) is 5.73 Å². The van der Waals surface area contributed by atoms with Gasteiger partial charge in [-0.25, -0.2) is 0 Å². The molecule has 0 spiro atoms. The number of nitrogen functional groups attached to an aromatic ring is 1. The van der Waals surface area contributed by atoms with Crippen LogP contribution in [0.4, 0.5) is 5.69 Å². The average Bonchev–Trinajstić information content (AvgIpc) is 3.66. The van der Waals surface area contributed by atoms with Crippen molar-refractivity contribution in [3.63, 3.8) is 0 Å². The molecule has 0 radical (unpaired) electrons. The molecular weight excluding hydrogens is 641 g/mol. The van der Waals surface area contributed by atoms with Gasteiger partial charge in [0.25, 0.3) is 0 Å². The van der Waals surface area contributed by atoms with Gasteiger partial charge in [0, 0.05) is 38.7 Å². The molecule has 0 fully saturated rings. The minimum absolute atomic E-state index is 0.121. The zero-order chi connectivity index (χ0) is 35.7. The van der Waals surface area contributed by atoms with Gasteiger partial charge in [-0.3, -0.25) is 0 Å². The number of nitrogens with zero attached hydrogens (tertiary/aromatic N) is 1. The van der Waals surface area contributed by atoms with E-state index >= 15 is 0 Å². The fourth-order valence-corrected chi connectivity index (χ4v) is 8.75. The van der Waals surface area contributed by atoms with Gasteiger partial charge in [0.2, 0.25) is 0 Å². The van der Waals surface area contributed by atoms with Crippen molar-refractivity contribution in [2.24, 2.45) is 0 Å². The number of rotatable bonds is 5. The van der Waals surface area contributed by atoms with Crippen LogP contribution in [0.3, 0.4) is 0 Å². The zero-order valence-electron chi connectivity index (χ0n) is 29.8. The molecule has 252 valence electrons. The second kappa shape index (κ2) is 12.0. The fraction of sp³-hybridized carbons (Fsp3) is 0.0588. The lowest BCUT2D eigenvalue weighted by Gasteiger charge is -2.23. The molecule has 0 bridgehead atoms. The lowest BCUT2D eigenvalue weighted by atomic mass is 9.80. The Morgan fingerprint density at radius 3 is 1.77 bits per heavy atom. The number of anilines is 1. The van der Waals surface area contributed by atoms with Crippen molar-refractivity contribution < 1.29 is 0 Å². The molecule has 53 heavy (non-hydrogen) atoms. The Morgan fingerprint density at radius 1 is 0.396 bits per heavy atom. The van der Waals surface area contributed by atoms with E-state index in [0.717, 1.165) is 44.8 Å². The largest absolute Gasteiger partial charge is 0.398 e. The molecule has 0 atom stereocenters. The van der Waals surface area contributed by atoms with Crippen LogP contribution < -0.4 is 5.73 Å². The molecule has 1 aromatic heterocycles. The molecule has 0 saturated heterocycles. The van der Waals surface area contributed by atoms with Crippen LogP contribution in [0.15, 0.2) is 182 Å². The molecule has 1 aliphatic carbocycles. The summed E-state index contributed by atoms with van der Waals surface area (Å²) in [5.41, 5.74) is 26.0. The van der Waals surface area contributed by atoms with Gasteiger partial charge in [-0.05, 0) is 92.0 Å². The van der Waals surface area contributed by atoms with Crippen LogP contribution in [-0.4, -0.2) is 4.57 Å². The number of benzene rings is 8. The van der Waals surface area contributed by atoms with E-state index < -0.39 is 0 Å². The van der Waals surface area contributed by atoms with Crippen LogP contribution in [-0.2, 0) is 5.41 Å². The summed E-state index contributed by atoms with van der Waals surface area (Å²) in [6.45, 7) is 4.68. The normalized spacial score (nSPS) is 12.9. The maximum absolute atomic E-state index is 7.45. The highest BCUT2D eigenvalue weighted by molar-refractivity contribution is 6.11. The van der Waals surface area contributed by atoms with Gasteiger partial charge in [0.1, 0.15) is 0 Å². The Labute approximate surface area is 310 Å². The highest BCUT2D eigenvalue weighted by Gasteiger charge is 2.35. The maximum Gasteiger partial charge on any atom is 0.0541 e. The summed E-state index contributed by atoms with van der Waals surface area (Å²) in [7, 11) is 0. The van der Waals surface area contributed by atoms with Crippen LogP contribution in [0.1, 0.15) is 25.0 Å². The standard InChI is InChI=1S/C51H38N2/c1-51(2)45-19-11-9-17-41(45)42-27-25-37(32-46(42)51)49-39(35-23-21-34(22-24-35)33-13-5-3-6-14-33)28-29-40(50(49)52)36-26-30-48-44(31-36)43-18-10-12-20-47(43)53(48)38-15-7-4-8-16-38/h3-32H,52H2,1-2H3. The minimum Gasteiger partial charge on any atom is -0.398 e. The first kappa shape index (κ1) is 31.1. The second-order valence-corrected chi connectivity index (χ2v) is 14.7. The number of hydrogen-bond acceptors (Lipinski definition) is 1. The van der Waals surface area contributed by atoms with Crippen molar-refractivity contribution in [2.45, 2.75) is 19.3 Å². The van der Waals surface area contributed by atoms with Gasteiger partial charge in [0.05, 0.1) is 11.0 Å².